The molecule has 0 saturated carbocycles. The molecule has 35 heavy (non-hydrogen) atoms. The number of nitrogens with zero attached hydrogens (tertiary/aromatic N) is 2. The van der Waals surface area contributed by atoms with E-state index in [1.807, 2.05) is 12.1 Å². The molecule has 2 aromatic rings. The summed E-state index contributed by atoms with van der Waals surface area (Å²) in [6.45, 7) is 11.3. The van der Waals surface area contributed by atoms with E-state index in [9.17, 15) is 14.7 Å². The van der Waals surface area contributed by atoms with E-state index in [1.165, 1.54) is 7.11 Å². The molecule has 1 atom stereocenters. The fraction of sp³-hybridized carbons (Fsp3) is 0.357. The smallest absolute Gasteiger partial charge is 0.295 e. The number of aliphatic hydroxyl groups excluding tert-OH is 1. The molecule has 1 amide bonds. The Hall–Kier alpha value is -3.58. The second kappa shape index (κ2) is 12.2. The molecule has 1 fully saturated rings. The molecule has 0 aromatic heterocycles. The average molecular weight is 479 g/mol. The van der Waals surface area contributed by atoms with Crippen LogP contribution in [0.15, 0.2) is 66.8 Å². The van der Waals surface area contributed by atoms with Crippen molar-refractivity contribution in [2.45, 2.75) is 26.3 Å². The van der Waals surface area contributed by atoms with Crippen LogP contribution < -0.4 is 9.47 Å². The van der Waals surface area contributed by atoms with Gasteiger partial charge in [0.05, 0.1) is 18.7 Å². The number of ketones is 1. The monoisotopic (exact) mass is 478 g/mol. The molecule has 0 bridgehead atoms. The van der Waals surface area contributed by atoms with Crippen LogP contribution in [0, 0.1) is 0 Å². The third kappa shape index (κ3) is 5.92. The topological polar surface area (TPSA) is 79.3 Å². The Morgan fingerprint density at radius 1 is 1.11 bits per heavy atom. The average Bonchev–Trinajstić information content (AvgIpc) is 3.14. The van der Waals surface area contributed by atoms with Crippen molar-refractivity contribution in [2.75, 3.05) is 39.9 Å². The van der Waals surface area contributed by atoms with Crippen molar-refractivity contribution in [3.8, 4) is 11.5 Å². The third-order valence-corrected chi connectivity index (χ3v) is 6.21. The summed E-state index contributed by atoms with van der Waals surface area (Å²) in [6.07, 6.45) is 2.37. The lowest BCUT2D eigenvalue weighted by Gasteiger charge is -2.27. The Morgan fingerprint density at radius 2 is 1.83 bits per heavy atom. The van der Waals surface area contributed by atoms with Crippen LogP contribution >= 0.6 is 0 Å². The molecule has 1 heterocycles. The molecule has 1 aliphatic heterocycles. The molecule has 7 nitrogen and oxygen atoms in total. The normalized spacial score (nSPS) is 17.1. The van der Waals surface area contributed by atoms with E-state index >= 15 is 0 Å². The van der Waals surface area contributed by atoms with E-state index in [2.05, 4.69) is 25.3 Å². The number of rotatable bonds is 12. The van der Waals surface area contributed by atoms with Gasteiger partial charge in [0, 0.05) is 12.1 Å². The van der Waals surface area contributed by atoms with Crippen molar-refractivity contribution >= 4 is 17.4 Å². The maximum atomic E-state index is 13.2. The van der Waals surface area contributed by atoms with Gasteiger partial charge < -0.3 is 24.4 Å². The second-order valence-corrected chi connectivity index (χ2v) is 8.27. The Labute approximate surface area is 207 Å². The number of amides is 1. The van der Waals surface area contributed by atoms with Crippen LogP contribution in [0.25, 0.3) is 5.76 Å². The van der Waals surface area contributed by atoms with E-state index in [4.69, 9.17) is 9.47 Å². The number of ether oxygens (including phenoxy) is 2. The molecule has 1 saturated heterocycles. The maximum Gasteiger partial charge on any atom is 0.295 e. The van der Waals surface area contributed by atoms with Gasteiger partial charge in [-0.3, -0.25) is 9.59 Å². The number of Topliss-reactive ketones (excluding diaryl/α,β-unsaturated/α-hetero) is 1. The standard InChI is InChI=1S/C28H34N2O5/c1-5-18-35-22-14-12-20(13-15-22)25-24(26(31)21-10-8-11-23(19-21)34-4)27(32)28(33)30(25)17-9-16-29(6-2)7-3/h5,8,10-15,19,25,31H,1,6-7,9,16-18H2,2-4H3/b26-24+. The van der Waals surface area contributed by atoms with Crippen LogP contribution in [-0.2, 0) is 9.59 Å². The van der Waals surface area contributed by atoms with Crippen molar-refractivity contribution in [1.82, 2.24) is 9.80 Å². The quantitative estimate of drug-likeness (QED) is 0.211. The lowest BCUT2D eigenvalue weighted by molar-refractivity contribution is -0.140. The van der Waals surface area contributed by atoms with Gasteiger partial charge in [-0.25, -0.2) is 0 Å². The first-order valence-corrected chi connectivity index (χ1v) is 11.9. The van der Waals surface area contributed by atoms with Gasteiger partial charge in [0.25, 0.3) is 11.7 Å². The summed E-state index contributed by atoms with van der Waals surface area (Å²) in [7, 11) is 1.53. The van der Waals surface area contributed by atoms with Gasteiger partial charge in [-0.05, 0) is 55.9 Å². The van der Waals surface area contributed by atoms with Gasteiger partial charge in [-0.15, -0.1) is 0 Å². The number of carbonyl (C=O) groups excluding carboxylic acids is 2. The summed E-state index contributed by atoms with van der Waals surface area (Å²) >= 11 is 0. The van der Waals surface area contributed by atoms with Crippen molar-refractivity contribution in [3.05, 3.63) is 77.9 Å². The number of hydrogen-bond donors (Lipinski definition) is 1. The lowest BCUT2D eigenvalue weighted by atomic mass is 9.95. The zero-order valence-electron chi connectivity index (χ0n) is 20.7. The molecule has 2 aromatic carbocycles. The maximum absolute atomic E-state index is 13.2. The summed E-state index contributed by atoms with van der Waals surface area (Å²) < 4.78 is 10.8. The van der Waals surface area contributed by atoms with E-state index in [-0.39, 0.29) is 11.3 Å². The zero-order valence-corrected chi connectivity index (χ0v) is 20.7. The van der Waals surface area contributed by atoms with Crippen LogP contribution in [0.3, 0.4) is 0 Å². The summed E-state index contributed by atoms with van der Waals surface area (Å²) in [5.74, 6) is -0.315. The molecular formula is C28H34N2O5. The van der Waals surface area contributed by atoms with E-state index in [0.717, 1.165) is 25.2 Å². The fourth-order valence-electron chi connectivity index (χ4n) is 4.29. The number of aliphatic hydroxyl groups is 1. The Morgan fingerprint density at radius 3 is 2.46 bits per heavy atom. The summed E-state index contributed by atoms with van der Waals surface area (Å²) in [5, 5.41) is 11.2. The first kappa shape index (κ1) is 26.0. The van der Waals surface area contributed by atoms with Crippen molar-refractivity contribution < 1.29 is 24.2 Å². The van der Waals surface area contributed by atoms with Crippen LogP contribution in [0.2, 0.25) is 0 Å². The van der Waals surface area contributed by atoms with Gasteiger partial charge in [0.2, 0.25) is 0 Å². The number of carbonyl (C=O) groups is 2. The molecule has 1 unspecified atom stereocenters. The first-order chi connectivity index (χ1) is 16.9. The summed E-state index contributed by atoms with van der Waals surface area (Å²) in [6, 6.07) is 13.3. The van der Waals surface area contributed by atoms with Crippen molar-refractivity contribution in [2.24, 2.45) is 0 Å². The van der Waals surface area contributed by atoms with E-state index < -0.39 is 17.7 Å². The minimum atomic E-state index is -0.702. The van der Waals surface area contributed by atoms with E-state index in [1.54, 1.807) is 47.4 Å². The van der Waals surface area contributed by atoms with Gasteiger partial charge in [0.15, 0.2) is 0 Å². The zero-order chi connectivity index (χ0) is 25.4. The van der Waals surface area contributed by atoms with Crippen LogP contribution in [0.4, 0.5) is 0 Å². The third-order valence-electron chi connectivity index (χ3n) is 6.21. The number of methoxy groups -OCH3 is 1. The lowest BCUT2D eigenvalue weighted by Crippen LogP contribution is -2.33. The number of benzene rings is 2. The van der Waals surface area contributed by atoms with Gasteiger partial charge in [0.1, 0.15) is 23.9 Å². The molecule has 186 valence electrons. The van der Waals surface area contributed by atoms with Gasteiger partial charge >= 0.3 is 0 Å². The van der Waals surface area contributed by atoms with Crippen molar-refractivity contribution in [3.63, 3.8) is 0 Å². The highest BCUT2D eigenvalue weighted by Gasteiger charge is 2.45. The Bertz CT molecular complexity index is 1070. The number of likely N-dealkylation sites (tertiary alicyclic amines) is 1. The van der Waals surface area contributed by atoms with E-state index in [0.29, 0.717) is 36.6 Å². The largest absolute Gasteiger partial charge is 0.507 e. The summed E-state index contributed by atoms with van der Waals surface area (Å²) in [5.41, 5.74) is 1.22. The first-order valence-electron chi connectivity index (χ1n) is 11.9. The highest BCUT2D eigenvalue weighted by Crippen LogP contribution is 2.40. The Balaban J connectivity index is 2.02. The SMILES string of the molecule is C=CCOc1ccc(C2/C(=C(\O)c3cccc(OC)c3)C(=O)C(=O)N2CCCN(CC)CC)cc1. The highest BCUT2D eigenvalue weighted by atomic mass is 16.5. The highest BCUT2D eigenvalue weighted by molar-refractivity contribution is 6.46. The molecule has 0 spiro atoms. The van der Waals surface area contributed by atoms with Gasteiger partial charge in [-0.2, -0.15) is 0 Å². The molecule has 3 rings (SSSR count). The van der Waals surface area contributed by atoms with Crippen LogP contribution in [0.1, 0.15) is 37.4 Å². The minimum absolute atomic E-state index is 0.0749. The van der Waals surface area contributed by atoms with Crippen molar-refractivity contribution in [1.29, 1.82) is 0 Å². The second-order valence-electron chi connectivity index (χ2n) is 8.27. The molecule has 0 aliphatic carbocycles. The van der Waals surface area contributed by atoms with Crippen LogP contribution in [-0.4, -0.2) is 66.5 Å². The summed E-state index contributed by atoms with van der Waals surface area (Å²) in [4.78, 5) is 30.2. The molecule has 0 radical (unpaired) electrons. The predicted molar refractivity (Wildman–Crippen MR) is 137 cm³/mol. The van der Waals surface area contributed by atoms with Crippen LogP contribution in [0.5, 0.6) is 11.5 Å². The molecular weight excluding hydrogens is 444 g/mol. The predicted octanol–water partition coefficient (Wildman–Crippen LogP) is 4.41. The molecule has 1 N–H and O–H groups in total. The molecule has 1 aliphatic rings. The van der Waals surface area contributed by atoms with Gasteiger partial charge in [-0.1, -0.05) is 50.8 Å². The Kier molecular flexibility index (Phi) is 9.09. The minimum Gasteiger partial charge on any atom is -0.507 e. The molecule has 7 heteroatoms. The fourth-order valence-corrected chi connectivity index (χ4v) is 4.29. The number of hydrogen-bond acceptors (Lipinski definition) is 6.